The van der Waals surface area contributed by atoms with E-state index in [2.05, 4.69) is 33.0 Å². The van der Waals surface area contributed by atoms with Gasteiger partial charge in [0, 0.05) is 17.6 Å². The van der Waals surface area contributed by atoms with E-state index in [0.29, 0.717) is 18.6 Å². The molecule has 0 fully saturated rings. The Morgan fingerprint density at radius 2 is 1.85 bits per heavy atom. The van der Waals surface area contributed by atoms with Crippen molar-refractivity contribution in [3.63, 3.8) is 0 Å². The summed E-state index contributed by atoms with van der Waals surface area (Å²) >= 11 is 0. The van der Waals surface area contributed by atoms with E-state index in [4.69, 9.17) is 4.74 Å². The lowest BCUT2D eigenvalue weighted by Gasteiger charge is -2.30. The fraction of sp³-hybridized carbons (Fsp3) is 0.647. The van der Waals surface area contributed by atoms with E-state index in [1.807, 2.05) is 32.0 Å². The average molecular weight is 279 g/mol. The van der Waals surface area contributed by atoms with Gasteiger partial charge in [0.05, 0.1) is 12.7 Å². The van der Waals surface area contributed by atoms with Gasteiger partial charge in [0.2, 0.25) is 0 Å². The summed E-state index contributed by atoms with van der Waals surface area (Å²) in [5, 5.41) is 14.2. The Morgan fingerprint density at radius 1 is 1.20 bits per heavy atom. The minimum Gasteiger partial charge on any atom is -0.493 e. The third kappa shape index (κ3) is 4.50. The topological polar surface area (TPSA) is 41.5 Å². The molecule has 2 atom stereocenters. The first-order chi connectivity index (χ1) is 9.36. The van der Waals surface area contributed by atoms with Gasteiger partial charge in [0.1, 0.15) is 5.75 Å². The molecule has 0 saturated heterocycles. The molecule has 0 bridgehead atoms. The van der Waals surface area contributed by atoms with Crippen LogP contribution in [-0.4, -0.2) is 23.8 Å². The maximum Gasteiger partial charge on any atom is 0.125 e. The maximum absolute atomic E-state index is 10.8. The molecular weight excluding hydrogens is 250 g/mol. The molecule has 0 amide bonds. The SMILES string of the molecule is CCOc1ccc(C)cc1C(O)C(NC(C)C)C(C)C. The molecule has 1 aromatic carbocycles. The molecule has 1 aromatic rings. The van der Waals surface area contributed by atoms with Crippen molar-refractivity contribution >= 4 is 0 Å². The van der Waals surface area contributed by atoms with Crippen LogP contribution in [0, 0.1) is 12.8 Å². The van der Waals surface area contributed by atoms with Gasteiger partial charge in [0.25, 0.3) is 0 Å². The highest BCUT2D eigenvalue weighted by Gasteiger charge is 2.27. The van der Waals surface area contributed by atoms with Crippen molar-refractivity contribution in [3.8, 4) is 5.75 Å². The predicted molar refractivity (Wildman–Crippen MR) is 84.2 cm³/mol. The summed E-state index contributed by atoms with van der Waals surface area (Å²) in [5.41, 5.74) is 2.01. The maximum atomic E-state index is 10.8. The first-order valence-corrected chi connectivity index (χ1v) is 7.54. The first-order valence-electron chi connectivity index (χ1n) is 7.54. The summed E-state index contributed by atoms with van der Waals surface area (Å²) in [6.07, 6.45) is -0.571. The van der Waals surface area contributed by atoms with E-state index in [1.165, 1.54) is 0 Å². The number of aryl methyl sites for hydroxylation is 1. The zero-order valence-electron chi connectivity index (χ0n) is 13.6. The number of hydrogen-bond acceptors (Lipinski definition) is 3. The van der Waals surface area contributed by atoms with Crippen LogP contribution in [0.25, 0.3) is 0 Å². The molecule has 3 nitrogen and oxygen atoms in total. The van der Waals surface area contributed by atoms with Crippen LogP contribution in [-0.2, 0) is 0 Å². The van der Waals surface area contributed by atoms with Gasteiger partial charge in [-0.2, -0.15) is 0 Å². The van der Waals surface area contributed by atoms with Crippen LogP contribution >= 0.6 is 0 Å². The van der Waals surface area contributed by atoms with Crippen LogP contribution < -0.4 is 10.1 Å². The molecule has 1 rings (SSSR count). The van der Waals surface area contributed by atoms with Crippen molar-refractivity contribution in [1.82, 2.24) is 5.32 Å². The van der Waals surface area contributed by atoms with Gasteiger partial charge in [0.15, 0.2) is 0 Å². The standard InChI is InChI=1S/C17H29NO2/c1-7-20-15-9-8-13(6)10-14(15)17(19)16(11(2)3)18-12(4)5/h8-12,16-19H,7H2,1-6H3. The highest BCUT2D eigenvalue weighted by molar-refractivity contribution is 5.39. The second kappa shape index (κ2) is 7.65. The Labute approximate surface area is 123 Å². The zero-order valence-corrected chi connectivity index (χ0v) is 13.6. The van der Waals surface area contributed by atoms with Crippen LogP contribution in [0.4, 0.5) is 0 Å². The molecule has 0 aliphatic heterocycles. The molecule has 2 N–H and O–H groups in total. The van der Waals surface area contributed by atoms with Crippen molar-refractivity contribution in [1.29, 1.82) is 0 Å². The number of benzene rings is 1. The molecule has 0 aliphatic rings. The molecule has 0 radical (unpaired) electrons. The van der Waals surface area contributed by atoms with E-state index in [0.717, 1.165) is 16.9 Å². The number of aliphatic hydroxyl groups is 1. The smallest absolute Gasteiger partial charge is 0.125 e. The fourth-order valence-corrected chi connectivity index (χ4v) is 2.41. The van der Waals surface area contributed by atoms with Crippen molar-refractivity contribution in [2.24, 2.45) is 5.92 Å². The molecule has 0 saturated carbocycles. The number of aliphatic hydroxyl groups excluding tert-OH is 1. The summed E-state index contributed by atoms with van der Waals surface area (Å²) in [5.74, 6) is 1.11. The quantitative estimate of drug-likeness (QED) is 0.803. The molecule has 2 unspecified atom stereocenters. The van der Waals surface area contributed by atoms with Crippen LogP contribution in [0.2, 0.25) is 0 Å². The molecule has 0 aromatic heterocycles. The molecule has 0 aliphatic carbocycles. The summed E-state index contributed by atoms with van der Waals surface area (Å²) in [6.45, 7) is 13.0. The van der Waals surface area contributed by atoms with Gasteiger partial charge >= 0.3 is 0 Å². The average Bonchev–Trinajstić information content (AvgIpc) is 2.37. The monoisotopic (exact) mass is 279 g/mol. The molecule has 114 valence electrons. The van der Waals surface area contributed by atoms with E-state index in [-0.39, 0.29) is 6.04 Å². The Balaban J connectivity index is 3.09. The van der Waals surface area contributed by atoms with Gasteiger partial charge < -0.3 is 15.2 Å². The first kappa shape index (κ1) is 17.0. The van der Waals surface area contributed by atoms with E-state index < -0.39 is 6.10 Å². The lowest BCUT2D eigenvalue weighted by Crippen LogP contribution is -2.43. The summed E-state index contributed by atoms with van der Waals surface area (Å²) in [4.78, 5) is 0. The lowest BCUT2D eigenvalue weighted by atomic mass is 9.91. The molecule has 0 heterocycles. The highest BCUT2D eigenvalue weighted by Crippen LogP contribution is 2.31. The van der Waals surface area contributed by atoms with Gasteiger partial charge in [-0.1, -0.05) is 39.3 Å². The predicted octanol–water partition coefficient (Wildman–Crippen LogP) is 3.45. The lowest BCUT2D eigenvalue weighted by molar-refractivity contribution is 0.0970. The van der Waals surface area contributed by atoms with E-state index in [1.54, 1.807) is 0 Å². The van der Waals surface area contributed by atoms with Crippen LogP contribution in [0.3, 0.4) is 0 Å². The second-order valence-corrected chi connectivity index (χ2v) is 6.01. The highest BCUT2D eigenvalue weighted by atomic mass is 16.5. The van der Waals surface area contributed by atoms with Crippen molar-refractivity contribution < 1.29 is 9.84 Å². The molecular formula is C17H29NO2. The normalized spacial score (nSPS) is 14.7. The molecule has 3 heteroatoms. The van der Waals surface area contributed by atoms with Gasteiger partial charge in [-0.15, -0.1) is 0 Å². The van der Waals surface area contributed by atoms with Gasteiger partial charge in [-0.3, -0.25) is 0 Å². The number of rotatable bonds is 7. The molecule has 0 spiro atoms. The fourth-order valence-electron chi connectivity index (χ4n) is 2.41. The van der Waals surface area contributed by atoms with Crippen LogP contribution in [0.1, 0.15) is 51.8 Å². The van der Waals surface area contributed by atoms with Gasteiger partial charge in [-0.25, -0.2) is 0 Å². The number of hydrogen-bond donors (Lipinski definition) is 2. The Hall–Kier alpha value is -1.06. The van der Waals surface area contributed by atoms with Crippen molar-refractivity contribution in [2.45, 2.75) is 59.7 Å². The third-order valence-corrected chi connectivity index (χ3v) is 3.37. The Morgan fingerprint density at radius 3 is 2.35 bits per heavy atom. The number of nitrogens with one attached hydrogen (secondary N) is 1. The molecule has 20 heavy (non-hydrogen) atoms. The summed E-state index contributed by atoms with van der Waals surface area (Å²) < 4.78 is 5.66. The second-order valence-electron chi connectivity index (χ2n) is 6.01. The third-order valence-electron chi connectivity index (χ3n) is 3.37. The summed E-state index contributed by atoms with van der Waals surface area (Å²) in [7, 11) is 0. The van der Waals surface area contributed by atoms with Crippen LogP contribution in [0.5, 0.6) is 5.75 Å². The van der Waals surface area contributed by atoms with E-state index in [9.17, 15) is 5.11 Å². The Kier molecular flexibility index (Phi) is 6.50. The Bertz CT molecular complexity index is 415. The minimum absolute atomic E-state index is 0.0102. The minimum atomic E-state index is -0.571. The largest absolute Gasteiger partial charge is 0.493 e. The zero-order chi connectivity index (χ0) is 15.3. The van der Waals surface area contributed by atoms with Crippen LogP contribution in [0.15, 0.2) is 18.2 Å². The number of ether oxygens (including phenoxy) is 1. The van der Waals surface area contributed by atoms with Crippen molar-refractivity contribution in [3.05, 3.63) is 29.3 Å². The van der Waals surface area contributed by atoms with Gasteiger partial charge in [-0.05, 0) is 31.9 Å². The van der Waals surface area contributed by atoms with E-state index >= 15 is 0 Å². The van der Waals surface area contributed by atoms with Crippen molar-refractivity contribution in [2.75, 3.05) is 6.61 Å². The summed E-state index contributed by atoms with van der Waals surface area (Å²) in [6, 6.07) is 6.33.